The van der Waals surface area contributed by atoms with Crippen LogP contribution in [0.5, 0.6) is 0 Å². The number of hydrogen-bond donors (Lipinski definition) is 2. The maximum Gasteiger partial charge on any atom is 0.257 e. The van der Waals surface area contributed by atoms with Crippen molar-refractivity contribution in [3.05, 3.63) is 59.7 Å². The molecule has 3 nitrogen and oxygen atoms in total. The summed E-state index contributed by atoms with van der Waals surface area (Å²) in [4.78, 5) is 12.4. The third-order valence-corrected chi connectivity index (χ3v) is 3.33. The highest BCUT2D eigenvalue weighted by molar-refractivity contribution is 6.08. The topological polar surface area (TPSA) is 41.1 Å². The number of amides is 1. The van der Waals surface area contributed by atoms with Gasteiger partial charge in [-0.1, -0.05) is 38.1 Å². The standard InChI is InChI=1S/C18H22N2O/c1-3-12-19-17-11-6-5-10-16(17)18(21)20-15-9-7-8-14(4-2)13-15/h5-11,13,19H,3-4,12H2,1-2H3,(H,20,21). The summed E-state index contributed by atoms with van der Waals surface area (Å²) in [6, 6.07) is 15.6. The van der Waals surface area contributed by atoms with Crippen LogP contribution < -0.4 is 10.6 Å². The molecule has 0 spiro atoms. The Bertz CT molecular complexity index is 608. The molecule has 0 saturated carbocycles. The average molecular weight is 282 g/mol. The molecule has 0 saturated heterocycles. The molecule has 2 rings (SSSR count). The summed E-state index contributed by atoms with van der Waals surface area (Å²) in [7, 11) is 0. The Labute approximate surface area is 126 Å². The summed E-state index contributed by atoms with van der Waals surface area (Å²) in [6.45, 7) is 5.06. The van der Waals surface area contributed by atoms with Crippen molar-refractivity contribution in [1.82, 2.24) is 0 Å². The smallest absolute Gasteiger partial charge is 0.257 e. The van der Waals surface area contributed by atoms with Crippen LogP contribution in [0, 0.1) is 0 Å². The van der Waals surface area contributed by atoms with Gasteiger partial charge < -0.3 is 10.6 Å². The molecule has 0 unspecified atom stereocenters. The quantitative estimate of drug-likeness (QED) is 0.828. The lowest BCUT2D eigenvalue weighted by Crippen LogP contribution is -2.15. The lowest BCUT2D eigenvalue weighted by Gasteiger charge is -2.12. The van der Waals surface area contributed by atoms with Crippen molar-refractivity contribution in [1.29, 1.82) is 0 Å². The summed E-state index contributed by atoms with van der Waals surface area (Å²) in [5.41, 5.74) is 3.60. The molecule has 0 aromatic heterocycles. The van der Waals surface area contributed by atoms with Crippen molar-refractivity contribution in [2.45, 2.75) is 26.7 Å². The second-order valence-electron chi connectivity index (χ2n) is 4.98. The van der Waals surface area contributed by atoms with Gasteiger partial charge in [0.15, 0.2) is 0 Å². The fourth-order valence-corrected chi connectivity index (χ4v) is 2.16. The van der Waals surface area contributed by atoms with Crippen LogP contribution in [0.15, 0.2) is 48.5 Å². The van der Waals surface area contributed by atoms with Crippen LogP contribution >= 0.6 is 0 Å². The molecule has 0 aliphatic heterocycles. The summed E-state index contributed by atoms with van der Waals surface area (Å²) in [5.74, 6) is -0.0811. The summed E-state index contributed by atoms with van der Waals surface area (Å²) < 4.78 is 0. The van der Waals surface area contributed by atoms with E-state index in [1.807, 2.05) is 42.5 Å². The summed E-state index contributed by atoms with van der Waals surface area (Å²) in [5, 5.41) is 6.26. The zero-order valence-corrected chi connectivity index (χ0v) is 12.6. The maximum absolute atomic E-state index is 12.4. The first-order chi connectivity index (χ1) is 10.2. The third kappa shape index (κ3) is 4.09. The van der Waals surface area contributed by atoms with Crippen LogP contribution in [0.1, 0.15) is 36.2 Å². The van der Waals surface area contributed by atoms with Gasteiger partial charge in [-0.15, -0.1) is 0 Å². The zero-order valence-electron chi connectivity index (χ0n) is 12.6. The molecule has 1 amide bonds. The monoisotopic (exact) mass is 282 g/mol. The van der Waals surface area contributed by atoms with Gasteiger partial charge in [0, 0.05) is 17.9 Å². The first kappa shape index (κ1) is 15.1. The molecule has 21 heavy (non-hydrogen) atoms. The number of carbonyl (C=O) groups excluding carboxylic acids is 1. The fraction of sp³-hybridized carbons (Fsp3) is 0.278. The molecule has 3 heteroatoms. The molecule has 0 aliphatic rings. The number of rotatable bonds is 6. The van der Waals surface area contributed by atoms with Crippen molar-refractivity contribution in [3.8, 4) is 0 Å². The number of para-hydroxylation sites is 1. The molecular formula is C18H22N2O. The predicted octanol–water partition coefficient (Wildman–Crippen LogP) is 4.32. The van der Waals surface area contributed by atoms with Crippen LogP contribution in [0.25, 0.3) is 0 Å². The molecule has 0 radical (unpaired) electrons. The SMILES string of the molecule is CCCNc1ccccc1C(=O)Nc1cccc(CC)c1. The van der Waals surface area contributed by atoms with Gasteiger partial charge in [0.2, 0.25) is 0 Å². The number of anilines is 2. The van der Waals surface area contributed by atoms with Crippen LogP contribution in [0.2, 0.25) is 0 Å². The van der Waals surface area contributed by atoms with Crippen LogP contribution in [0.3, 0.4) is 0 Å². The van der Waals surface area contributed by atoms with Gasteiger partial charge in [0.25, 0.3) is 5.91 Å². The molecular weight excluding hydrogens is 260 g/mol. The Morgan fingerprint density at radius 2 is 1.86 bits per heavy atom. The Kier molecular flexibility index (Phi) is 5.38. The Morgan fingerprint density at radius 3 is 2.62 bits per heavy atom. The van der Waals surface area contributed by atoms with E-state index in [0.717, 1.165) is 30.8 Å². The molecule has 2 aromatic carbocycles. The number of carbonyl (C=O) groups is 1. The van der Waals surface area contributed by atoms with E-state index in [9.17, 15) is 4.79 Å². The van der Waals surface area contributed by atoms with Crippen molar-refractivity contribution in [2.75, 3.05) is 17.2 Å². The lowest BCUT2D eigenvalue weighted by atomic mass is 10.1. The average Bonchev–Trinajstić information content (AvgIpc) is 2.53. The highest BCUT2D eigenvalue weighted by Gasteiger charge is 2.10. The van der Waals surface area contributed by atoms with Gasteiger partial charge in [-0.3, -0.25) is 4.79 Å². The normalized spacial score (nSPS) is 10.2. The van der Waals surface area contributed by atoms with Crippen molar-refractivity contribution in [3.63, 3.8) is 0 Å². The summed E-state index contributed by atoms with van der Waals surface area (Å²) in [6.07, 6.45) is 1.98. The Balaban J connectivity index is 2.16. The van der Waals surface area contributed by atoms with E-state index in [1.54, 1.807) is 0 Å². The molecule has 2 aromatic rings. The largest absolute Gasteiger partial charge is 0.384 e. The van der Waals surface area contributed by atoms with Gasteiger partial charge in [0.1, 0.15) is 0 Å². The van der Waals surface area contributed by atoms with E-state index >= 15 is 0 Å². The minimum Gasteiger partial charge on any atom is -0.384 e. The number of aryl methyl sites for hydroxylation is 1. The minimum absolute atomic E-state index is 0.0811. The fourth-order valence-electron chi connectivity index (χ4n) is 2.16. The van der Waals surface area contributed by atoms with Gasteiger partial charge in [0.05, 0.1) is 5.56 Å². The van der Waals surface area contributed by atoms with E-state index in [2.05, 4.69) is 30.5 Å². The summed E-state index contributed by atoms with van der Waals surface area (Å²) >= 11 is 0. The van der Waals surface area contributed by atoms with Crippen molar-refractivity contribution >= 4 is 17.3 Å². The van der Waals surface area contributed by atoms with Crippen LogP contribution in [-0.4, -0.2) is 12.5 Å². The second kappa shape index (κ2) is 7.48. The van der Waals surface area contributed by atoms with Gasteiger partial charge in [-0.2, -0.15) is 0 Å². The van der Waals surface area contributed by atoms with Gasteiger partial charge >= 0.3 is 0 Å². The second-order valence-corrected chi connectivity index (χ2v) is 4.98. The van der Waals surface area contributed by atoms with Crippen LogP contribution in [0.4, 0.5) is 11.4 Å². The Morgan fingerprint density at radius 1 is 1.05 bits per heavy atom. The molecule has 0 bridgehead atoms. The van der Waals surface area contributed by atoms with Gasteiger partial charge in [-0.25, -0.2) is 0 Å². The van der Waals surface area contributed by atoms with E-state index in [1.165, 1.54) is 5.56 Å². The Hall–Kier alpha value is -2.29. The zero-order chi connectivity index (χ0) is 15.1. The van der Waals surface area contributed by atoms with E-state index in [4.69, 9.17) is 0 Å². The molecule has 0 aliphatic carbocycles. The van der Waals surface area contributed by atoms with Crippen LogP contribution in [-0.2, 0) is 6.42 Å². The maximum atomic E-state index is 12.4. The van der Waals surface area contributed by atoms with E-state index < -0.39 is 0 Å². The van der Waals surface area contributed by atoms with Crippen molar-refractivity contribution in [2.24, 2.45) is 0 Å². The highest BCUT2D eigenvalue weighted by atomic mass is 16.1. The molecule has 110 valence electrons. The minimum atomic E-state index is -0.0811. The first-order valence-corrected chi connectivity index (χ1v) is 7.47. The van der Waals surface area contributed by atoms with E-state index in [0.29, 0.717) is 5.56 Å². The molecule has 2 N–H and O–H groups in total. The number of benzene rings is 2. The predicted molar refractivity (Wildman–Crippen MR) is 89.0 cm³/mol. The number of hydrogen-bond acceptors (Lipinski definition) is 2. The third-order valence-electron chi connectivity index (χ3n) is 3.33. The molecule has 0 fully saturated rings. The van der Waals surface area contributed by atoms with Crippen molar-refractivity contribution < 1.29 is 4.79 Å². The number of nitrogens with one attached hydrogen (secondary N) is 2. The van der Waals surface area contributed by atoms with Gasteiger partial charge in [-0.05, 0) is 42.7 Å². The van der Waals surface area contributed by atoms with E-state index in [-0.39, 0.29) is 5.91 Å². The lowest BCUT2D eigenvalue weighted by molar-refractivity contribution is 0.102. The molecule has 0 atom stereocenters. The highest BCUT2D eigenvalue weighted by Crippen LogP contribution is 2.18. The molecule has 0 heterocycles. The first-order valence-electron chi connectivity index (χ1n) is 7.47.